The zero-order valence-electron chi connectivity index (χ0n) is 20.5. The highest BCUT2D eigenvalue weighted by Crippen LogP contribution is 2.37. The van der Waals surface area contributed by atoms with E-state index in [0.29, 0.717) is 16.1 Å². The third-order valence-electron chi connectivity index (χ3n) is 5.87. The highest BCUT2D eigenvalue weighted by molar-refractivity contribution is 7.14. The molecule has 180 valence electrons. The second-order valence-electron chi connectivity index (χ2n) is 9.70. The van der Waals surface area contributed by atoms with Crippen LogP contribution in [0.5, 0.6) is 0 Å². The number of pyridine rings is 2. The van der Waals surface area contributed by atoms with Gasteiger partial charge in [-0.1, -0.05) is 38.4 Å². The number of aromatic nitrogens is 2. The van der Waals surface area contributed by atoms with E-state index in [1.807, 2.05) is 38.2 Å². The Hall–Kier alpha value is -3.22. The van der Waals surface area contributed by atoms with Crippen molar-refractivity contribution < 1.29 is 4.79 Å². The minimum atomic E-state index is -0.282. The van der Waals surface area contributed by atoms with Crippen LogP contribution in [-0.4, -0.2) is 15.9 Å². The minimum absolute atomic E-state index is 0.0263. The summed E-state index contributed by atoms with van der Waals surface area (Å²) in [6.07, 6.45) is 1.85. The summed E-state index contributed by atoms with van der Waals surface area (Å²) in [6, 6.07) is 13.4. The zero-order chi connectivity index (χ0) is 25.3. The molecular formula is C28H28ClN3O2S. The number of aryl methyl sites for hydroxylation is 2. The van der Waals surface area contributed by atoms with Crippen LogP contribution >= 0.6 is 22.9 Å². The molecule has 4 aromatic rings. The van der Waals surface area contributed by atoms with Crippen molar-refractivity contribution in [3.63, 3.8) is 0 Å². The lowest BCUT2D eigenvalue weighted by Crippen LogP contribution is -2.27. The smallest absolute Gasteiger partial charge is 0.253 e. The number of thiophene rings is 1. The highest BCUT2D eigenvalue weighted by atomic mass is 35.5. The molecule has 0 saturated heterocycles. The van der Waals surface area contributed by atoms with Crippen LogP contribution in [0.25, 0.3) is 21.6 Å². The van der Waals surface area contributed by atoms with Gasteiger partial charge in [0.05, 0.1) is 0 Å². The average Bonchev–Trinajstić information content (AvgIpc) is 3.27. The fraction of sp³-hybridized carbons (Fsp3) is 0.250. The SMILES string of the molecule is Cc1cc(C)c(CNC(=O)c2ccc(-c3csc(-c4ccnc(C(C)(C)C)c4)c3)c(Cl)c2)c(=O)[nH]1. The number of hydrogen-bond donors (Lipinski definition) is 2. The molecule has 0 aliphatic heterocycles. The van der Waals surface area contributed by atoms with Gasteiger partial charge in [-0.2, -0.15) is 0 Å². The summed E-state index contributed by atoms with van der Waals surface area (Å²) in [5.41, 5.74) is 6.44. The van der Waals surface area contributed by atoms with E-state index >= 15 is 0 Å². The largest absolute Gasteiger partial charge is 0.348 e. The quantitative estimate of drug-likeness (QED) is 0.318. The molecule has 0 saturated carbocycles. The van der Waals surface area contributed by atoms with Gasteiger partial charge in [-0.25, -0.2) is 0 Å². The van der Waals surface area contributed by atoms with Crippen LogP contribution in [0.1, 0.15) is 53.6 Å². The maximum Gasteiger partial charge on any atom is 0.253 e. The molecule has 1 amide bonds. The molecule has 0 radical (unpaired) electrons. The number of H-pyrrole nitrogens is 1. The average molecular weight is 506 g/mol. The Labute approximate surface area is 214 Å². The number of benzene rings is 1. The van der Waals surface area contributed by atoms with Gasteiger partial charge in [-0.3, -0.25) is 14.6 Å². The molecule has 5 nitrogen and oxygen atoms in total. The molecule has 0 aliphatic rings. The number of carbonyl (C=O) groups is 1. The van der Waals surface area contributed by atoms with E-state index in [1.165, 1.54) is 0 Å². The van der Waals surface area contributed by atoms with E-state index in [9.17, 15) is 9.59 Å². The van der Waals surface area contributed by atoms with Crippen LogP contribution in [0.4, 0.5) is 0 Å². The monoisotopic (exact) mass is 505 g/mol. The van der Waals surface area contributed by atoms with Crippen molar-refractivity contribution in [1.29, 1.82) is 0 Å². The van der Waals surface area contributed by atoms with Gasteiger partial charge in [0.2, 0.25) is 0 Å². The first kappa shape index (κ1) is 24.9. The molecule has 0 spiro atoms. The number of rotatable bonds is 5. The number of nitrogens with zero attached hydrogens (tertiary/aromatic N) is 1. The molecule has 4 rings (SSSR count). The van der Waals surface area contributed by atoms with Crippen molar-refractivity contribution in [3.8, 4) is 21.6 Å². The normalized spacial score (nSPS) is 11.5. The molecule has 0 fully saturated rings. The summed E-state index contributed by atoms with van der Waals surface area (Å²) >= 11 is 8.24. The third-order valence-corrected chi connectivity index (χ3v) is 7.17. The Balaban J connectivity index is 1.52. The van der Waals surface area contributed by atoms with Crippen molar-refractivity contribution in [2.24, 2.45) is 0 Å². The molecule has 3 aromatic heterocycles. The Morgan fingerprint density at radius 3 is 2.54 bits per heavy atom. The molecule has 1 aromatic carbocycles. The van der Waals surface area contributed by atoms with Gasteiger partial charge in [0.15, 0.2) is 0 Å². The molecule has 0 aliphatic carbocycles. The predicted octanol–water partition coefficient (Wildman–Crippen LogP) is 6.66. The Morgan fingerprint density at radius 2 is 1.86 bits per heavy atom. The summed E-state index contributed by atoms with van der Waals surface area (Å²) in [4.78, 5) is 33.3. The topological polar surface area (TPSA) is 74.8 Å². The van der Waals surface area contributed by atoms with Crippen molar-refractivity contribution in [2.75, 3.05) is 0 Å². The van der Waals surface area contributed by atoms with Gasteiger partial charge in [0, 0.05) is 56.1 Å². The second-order valence-corrected chi connectivity index (χ2v) is 11.0. The van der Waals surface area contributed by atoms with Gasteiger partial charge < -0.3 is 10.3 Å². The van der Waals surface area contributed by atoms with E-state index in [0.717, 1.165) is 38.5 Å². The first-order valence-corrected chi connectivity index (χ1v) is 12.6. The number of nitrogens with one attached hydrogen (secondary N) is 2. The molecule has 0 atom stereocenters. The maximum absolute atomic E-state index is 12.7. The third kappa shape index (κ3) is 5.55. The van der Waals surface area contributed by atoms with Gasteiger partial charge in [-0.05, 0) is 72.3 Å². The molecule has 3 heterocycles. The van der Waals surface area contributed by atoms with Crippen LogP contribution in [0, 0.1) is 13.8 Å². The summed E-state index contributed by atoms with van der Waals surface area (Å²) in [5.74, 6) is -0.282. The molecule has 0 bridgehead atoms. The molecule has 2 N–H and O–H groups in total. The van der Waals surface area contributed by atoms with Gasteiger partial charge >= 0.3 is 0 Å². The van der Waals surface area contributed by atoms with Crippen molar-refractivity contribution in [1.82, 2.24) is 15.3 Å². The standard InChI is InChI=1S/C28H28ClN3O2S/c1-16-10-17(2)32-27(34)22(16)14-31-26(33)19-6-7-21(23(29)11-19)20-12-24(35-15-20)18-8-9-30-25(13-18)28(3,4)5/h6-13,15H,14H2,1-5H3,(H,31,33)(H,32,34). The molecule has 35 heavy (non-hydrogen) atoms. The highest BCUT2D eigenvalue weighted by Gasteiger charge is 2.17. The van der Waals surface area contributed by atoms with Crippen LogP contribution in [0.2, 0.25) is 5.02 Å². The fourth-order valence-corrected chi connectivity index (χ4v) is 5.08. The molecular weight excluding hydrogens is 478 g/mol. The van der Waals surface area contributed by atoms with Gasteiger partial charge in [-0.15, -0.1) is 11.3 Å². The summed E-state index contributed by atoms with van der Waals surface area (Å²) < 4.78 is 0. The van der Waals surface area contributed by atoms with E-state index in [1.54, 1.807) is 23.5 Å². The number of aromatic amines is 1. The first-order valence-electron chi connectivity index (χ1n) is 11.4. The first-order chi connectivity index (χ1) is 16.5. The lowest BCUT2D eigenvalue weighted by molar-refractivity contribution is 0.0950. The lowest BCUT2D eigenvalue weighted by Gasteiger charge is -2.17. The summed E-state index contributed by atoms with van der Waals surface area (Å²) in [6.45, 7) is 10.3. The van der Waals surface area contributed by atoms with Crippen LogP contribution in [-0.2, 0) is 12.0 Å². The summed E-state index contributed by atoms with van der Waals surface area (Å²) in [5, 5.41) is 5.39. The fourth-order valence-electron chi connectivity index (χ4n) is 3.89. The lowest BCUT2D eigenvalue weighted by atomic mass is 9.90. The van der Waals surface area contributed by atoms with E-state index in [2.05, 4.69) is 53.6 Å². The van der Waals surface area contributed by atoms with Gasteiger partial charge in [0.25, 0.3) is 11.5 Å². The predicted molar refractivity (Wildman–Crippen MR) is 144 cm³/mol. The number of halogens is 1. The second kappa shape index (κ2) is 9.80. The van der Waals surface area contributed by atoms with Crippen molar-refractivity contribution in [2.45, 2.75) is 46.6 Å². The van der Waals surface area contributed by atoms with E-state index in [-0.39, 0.29) is 23.4 Å². The number of amides is 1. The maximum atomic E-state index is 12.7. The molecule has 0 unspecified atom stereocenters. The number of carbonyl (C=O) groups excluding carboxylic acids is 1. The Morgan fingerprint density at radius 1 is 1.09 bits per heavy atom. The molecule has 7 heteroatoms. The zero-order valence-corrected chi connectivity index (χ0v) is 22.0. The van der Waals surface area contributed by atoms with Crippen LogP contribution in [0.3, 0.4) is 0 Å². The van der Waals surface area contributed by atoms with Crippen LogP contribution < -0.4 is 10.9 Å². The van der Waals surface area contributed by atoms with E-state index in [4.69, 9.17) is 11.6 Å². The number of hydrogen-bond acceptors (Lipinski definition) is 4. The summed E-state index contributed by atoms with van der Waals surface area (Å²) in [7, 11) is 0. The minimum Gasteiger partial charge on any atom is -0.348 e. The van der Waals surface area contributed by atoms with Crippen molar-refractivity contribution in [3.05, 3.63) is 97.5 Å². The van der Waals surface area contributed by atoms with E-state index < -0.39 is 0 Å². The van der Waals surface area contributed by atoms with Gasteiger partial charge in [0.1, 0.15) is 0 Å². The Bertz CT molecular complexity index is 1460. The van der Waals surface area contributed by atoms with Crippen LogP contribution in [0.15, 0.2) is 58.8 Å². The van der Waals surface area contributed by atoms with Crippen molar-refractivity contribution >= 4 is 28.8 Å². The Kier molecular flexibility index (Phi) is 6.97.